The van der Waals surface area contributed by atoms with Crippen LogP contribution in [0.5, 0.6) is 0 Å². The van der Waals surface area contributed by atoms with E-state index in [1.54, 1.807) is 6.92 Å². The molecule has 0 spiro atoms. The van der Waals surface area contributed by atoms with E-state index in [0.717, 1.165) is 5.56 Å². The molecule has 0 aliphatic rings. The molecule has 2 atom stereocenters. The lowest BCUT2D eigenvalue weighted by Crippen LogP contribution is -2.30. The van der Waals surface area contributed by atoms with E-state index in [0.29, 0.717) is 12.8 Å². The van der Waals surface area contributed by atoms with Crippen LogP contribution in [0, 0.1) is 5.92 Å². The molecule has 0 fully saturated rings. The van der Waals surface area contributed by atoms with Crippen LogP contribution in [0.15, 0.2) is 91.0 Å². The molecular formula is C24H25O3P. The molecule has 0 saturated heterocycles. The average Bonchev–Trinajstić information content (AvgIpc) is 2.76. The number of rotatable bonds is 8. The van der Waals surface area contributed by atoms with Gasteiger partial charge in [0, 0.05) is 0 Å². The molecule has 3 nitrogen and oxygen atoms in total. The van der Waals surface area contributed by atoms with Gasteiger partial charge in [-0.25, -0.2) is 0 Å². The van der Waals surface area contributed by atoms with Crippen LogP contribution in [0.4, 0.5) is 0 Å². The zero-order valence-corrected chi connectivity index (χ0v) is 16.8. The second kappa shape index (κ2) is 10.2. The number of carbonyl (C=O) groups is 1. The Morgan fingerprint density at radius 3 is 1.79 bits per heavy atom. The van der Waals surface area contributed by atoms with E-state index in [1.165, 1.54) is 10.6 Å². The van der Waals surface area contributed by atoms with Gasteiger partial charge in [0.25, 0.3) is 0 Å². The Kier molecular flexibility index (Phi) is 7.36. The van der Waals surface area contributed by atoms with Crippen LogP contribution in [0.25, 0.3) is 0 Å². The topological polar surface area (TPSA) is 46.5 Å². The standard InChI is InChI=1S/C24H25O3P/c1-2-27-24(26)22(23(25)19-12-6-3-7-13-19)18-28(20-14-8-4-9-15-20)21-16-10-5-11-17-21/h3-17,22-23,25H,2,18H2,1H3. The number of hydrogen-bond acceptors (Lipinski definition) is 3. The monoisotopic (exact) mass is 392 g/mol. The summed E-state index contributed by atoms with van der Waals surface area (Å²) in [7, 11) is -0.817. The van der Waals surface area contributed by atoms with Crippen LogP contribution in [0.3, 0.4) is 0 Å². The zero-order valence-electron chi connectivity index (χ0n) is 15.9. The van der Waals surface area contributed by atoms with Crippen molar-refractivity contribution in [1.82, 2.24) is 0 Å². The minimum Gasteiger partial charge on any atom is -0.466 e. The van der Waals surface area contributed by atoms with Crippen molar-refractivity contribution in [2.45, 2.75) is 13.0 Å². The van der Waals surface area contributed by atoms with Crippen molar-refractivity contribution in [3.05, 3.63) is 96.6 Å². The lowest BCUT2D eigenvalue weighted by molar-refractivity contribution is -0.151. The predicted molar refractivity (Wildman–Crippen MR) is 115 cm³/mol. The fourth-order valence-electron chi connectivity index (χ4n) is 3.21. The smallest absolute Gasteiger partial charge is 0.312 e. The first-order chi connectivity index (χ1) is 13.7. The highest BCUT2D eigenvalue weighted by atomic mass is 31.1. The largest absolute Gasteiger partial charge is 0.466 e. The summed E-state index contributed by atoms with van der Waals surface area (Å²) in [5.74, 6) is -0.980. The Balaban J connectivity index is 1.96. The summed E-state index contributed by atoms with van der Waals surface area (Å²) in [5.41, 5.74) is 0.733. The molecule has 28 heavy (non-hydrogen) atoms. The Labute approximate surface area is 167 Å². The van der Waals surface area contributed by atoms with E-state index in [4.69, 9.17) is 4.74 Å². The number of ether oxygens (including phenoxy) is 1. The van der Waals surface area contributed by atoms with Gasteiger partial charge < -0.3 is 9.84 Å². The number of esters is 1. The molecule has 4 heteroatoms. The maximum Gasteiger partial charge on any atom is 0.312 e. The van der Waals surface area contributed by atoms with Crippen LogP contribution in [-0.4, -0.2) is 23.8 Å². The van der Waals surface area contributed by atoms with Crippen LogP contribution in [0.2, 0.25) is 0 Å². The number of carbonyl (C=O) groups excluding carboxylic acids is 1. The highest BCUT2D eigenvalue weighted by Crippen LogP contribution is 2.39. The van der Waals surface area contributed by atoms with E-state index in [9.17, 15) is 9.90 Å². The summed E-state index contributed by atoms with van der Waals surface area (Å²) in [6.07, 6.45) is -0.379. The zero-order chi connectivity index (χ0) is 19.8. The molecule has 0 aliphatic carbocycles. The molecule has 0 aromatic heterocycles. The Bertz CT molecular complexity index is 813. The van der Waals surface area contributed by atoms with E-state index < -0.39 is 19.9 Å². The van der Waals surface area contributed by atoms with Crippen molar-refractivity contribution >= 4 is 24.5 Å². The first kappa shape index (κ1) is 20.3. The first-order valence-electron chi connectivity index (χ1n) is 9.48. The van der Waals surface area contributed by atoms with Gasteiger partial charge in [0.05, 0.1) is 18.6 Å². The molecule has 3 rings (SSSR count). The quantitative estimate of drug-likeness (QED) is 0.465. The molecular weight excluding hydrogens is 367 g/mol. The molecule has 1 N–H and O–H groups in total. The second-order valence-electron chi connectivity index (χ2n) is 6.50. The third kappa shape index (κ3) is 5.07. The minimum atomic E-state index is -0.905. The maximum atomic E-state index is 12.8. The molecule has 3 aromatic carbocycles. The van der Waals surface area contributed by atoms with Gasteiger partial charge in [-0.1, -0.05) is 91.0 Å². The van der Waals surface area contributed by atoms with Crippen molar-refractivity contribution in [3.8, 4) is 0 Å². The van der Waals surface area contributed by atoms with E-state index >= 15 is 0 Å². The molecule has 2 unspecified atom stereocenters. The molecule has 0 radical (unpaired) electrons. The third-order valence-corrected chi connectivity index (χ3v) is 7.23. The van der Waals surface area contributed by atoms with Gasteiger partial charge in [0.2, 0.25) is 0 Å². The predicted octanol–water partition coefficient (Wildman–Crippen LogP) is 4.03. The summed E-state index contributed by atoms with van der Waals surface area (Å²) in [5, 5.41) is 13.4. The van der Waals surface area contributed by atoms with Gasteiger partial charge in [0.1, 0.15) is 0 Å². The van der Waals surface area contributed by atoms with Crippen LogP contribution >= 0.6 is 7.92 Å². The van der Waals surface area contributed by atoms with Crippen molar-refractivity contribution in [2.24, 2.45) is 5.92 Å². The molecule has 0 amide bonds. The van der Waals surface area contributed by atoms with Crippen LogP contribution in [0.1, 0.15) is 18.6 Å². The van der Waals surface area contributed by atoms with E-state index in [-0.39, 0.29) is 5.97 Å². The number of hydrogen-bond donors (Lipinski definition) is 1. The van der Waals surface area contributed by atoms with Crippen LogP contribution < -0.4 is 10.6 Å². The Morgan fingerprint density at radius 1 is 0.857 bits per heavy atom. The van der Waals surface area contributed by atoms with Crippen LogP contribution in [-0.2, 0) is 9.53 Å². The summed E-state index contributed by atoms with van der Waals surface area (Å²) in [4.78, 5) is 12.8. The van der Waals surface area contributed by atoms with Gasteiger partial charge in [-0.15, -0.1) is 0 Å². The van der Waals surface area contributed by atoms with Gasteiger partial charge in [-0.3, -0.25) is 4.79 Å². The van der Waals surface area contributed by atoms with Crippen molar-refractivity contribution in [3.63, 3.8) is 0 Å². The summed E-state index contributed by atoms with van der Waals surface area (Å²) >= 11 is 0. The first-order valence-corrected chi connectivity index (χ1v) is 11.0. The fraction of sp³-hybridized carbons (Fsp3) is 0.208. The maximum absolute atomic E-state index is 12.8. The number of aliphatic hydroxyl groups is 1. The SMILES string of the molecule is CCOC(=O)C(CP(c1ccccc1)c1ccccc1)C(O)c1ccccc1. The second-order valence-corrected chi connectivity index (χ2v) is 8.75. The fourth-order valence-corrected chi connectivity index (χ4v) is 5.73. The normalized spacial score (nSPS) is 13.1. The van der Waals surface area contributed by atoms with E-state index in [1.807, 2.05) is 66.7 Å². The van der Waals surface area contributed by atoms with Gasteiger partial charge in [-0.2, -0.15) is 0 Å². The molecule has 0 saturated carbocycles. The average molecular weight is 392 g/mol. The Hall–Kier alpha value is -2.48. The molecule has 144 valence electrons. The molecule has 0 aliphatic heterocycles. The van der Waals surface area contributed by atoms with E-state index in [2.05, 4.69) is 24.3 Å². The van der Waals surface area contributed by atoms with Crippen molar-refractivity contribution < 1.29 is 14.6 Å². The lowest BCUT2D eigenvalue weighted by atomic mass is 9.97. The summed E-state index contributed by atoms with van der Waals surface area (Å²) < 4.78 is 5.33. The minimum absolute atomic E-state index is 0.297. The Morgan fingerprint density at radius 2 is 1.32 bits per heavy atom. The molecule has 3 aromatic rings. The summed E-state index contributed by atoms with van der Waals surface area (Å²) in [6.45, 7) is 2.09. The third-order valence-electron chi connectivity index (χ3n) is 4.63. The van der Waals surface area contributed by atoms with Gasteiger partial charge in [-0.05, 0) is 37.2 Å². The van der Waals surface area contributed by atoms with Gasteiger partial charge >= 0.3 is 5.97 Å². The molecule has 0 heterocycles. The number of aliphatic hydroxyl groups excluding tert-OH is 1. The number of benzene rings is 3. The molecule has 0 bridgehead atoms. The lowest BCUT2D eigenvalue weighted by Gasteiger charge is -2.27. The van der Waals surface area contributed by atoms with Gasteiger partial charge in [0.15, 0.2) is 0 Å². The highest BCUT2D eigenvalue weighted by molar-refractivity contribution is 7.73. The van der Waals surface area contributed by atoms with Crippen molar-refractivity contribution in [1.29, 1.82) is 0 Å². The highest BCUT2D eigenvalue weighted by Gasteiger charge is 2.33. The van der Waals surface area contributed by atoms with Crippen molar-refractivity contribution in [2.75, 3.05) is 12.8 Å². The summed E-state index contributed by atoms with van der Waals surface area (Å²) in [6, 6.07) is 29.8.